The van der Waals surface area contributed by atoms with Gasteiger partial charge in [0.1, 0.15) is 12.6 Å². The summed E-state index contributed by atoms with van der Waals surface area (Å²) < 4.78 is 17.1. The number of carbonyl (C=O) groups excluding carboxylic acids is 3. The van der Waals surface area contributed by atoms with Gasteiger partial charge >= 0.3 is 11.9 Å². The molecule has 324 valence electrons. The molecule has 57 heavy (non-hydrogen) atoms. The number of carbonyl (C=O) groups is 3. The van der Waals surface area contributed by atoms with Crippen LogP contribution in [0.15, 0.2) is 85.1 Å². The number of quaternary nitrogens is 1. The number of nitrogens with zero attached hydrogens (tertiary/aromatic N) is 1. The fraction of sp³-hybridized carbons (Fsp3) is 0.653. The van der Waals surface area contributed by atoms with Gasteiger partial charge in [0.25, 0.3) is 0 Å². The van der Waals surface area contributed by atoms with Crippen LogP contribution in [0.3, 0.4) is 0 Å². The number of aliphatic carboxylic acids is 1. The van der Waals surface area contributed by atoms with Crippen LogP contribution in [0.4, 0.5) is 0 Å². The highest BCUT2D eigenvalue weighted by Crippen LogP contribution is 2.12. The Balaban J connectivity index is 4.46. The van der Waals surface area contributed by atoms with Crippen molar-refractivity contribution in [3.05, 3.63) is 85.1 Å². The molecule has 0 aromatic carbocycles. The smallest absolute Gasteiger partial charge is 0.306 e. The van der Waals surface area contributed by atoms with Gasteiger partial charge in [-0.25, -0.2) is 0 Å². The maximum absolute atomic E-state index is 12.7. The van der Waals surface area contributed by atoms with Crippen LogP contribution >= 0.6 is 0 Å². The lowest BCUT2D eigenvalue weighted by Gasteiger charge is -2.34. The number of rotatable bonds is 38. The van der Waals surface area contributed by atoms with E-state index in [1.54, 1.807) is 21.1 Å². The van der Waals surface area contributed by atoms with Crippen molar-refractivity contribution < 1.29 is 38.2 Å². The topological polar surface area (TPSA) is 102 Å². The second-order valence-corrected chi connectivity index (χ2v) is 15.7. The van der Waals surface area contributed by atoms with E-state index in [4.69, 9.17) is 14.2 Å². The Bertz CT molecular complexity index is 1200. The van der Waals surface area contributed by atoms with Gasteiger partial charge in [-0.15, -0.1) is 0 Å². The lowest BCUT2D eigenvalue weighted by atomic mass is 10.1. The number of hydrogen-bond acceptors (Lipinski definition) is 7. The summed E-state index contributed by atoms with van der Waals surface area (Å²) in [7, 11) is 5.37. The maximum atomic E-state index is 12.7. The molecule has 0 aliphatic heterocycles. The van der Waals surface area contributed by atoms with Gasteiger partial charge in [-0.1, -0.05) is 163 Å². The standard InChI is InChI=1S/C49H81NO7/c1-6-8-10-12-14-16-18-20-22-23-24-26-27-29-31-33-35-37-39-47(51)56-44-45(43-55-42-41-46(49(53)54)50(3,4)5)57-48(52)40-38-36-34-32-30-28-25-21-19-17-15-13-11-9-7-2/h9,11,13,15,17,19,21-26,28,30,45-46H,6-8,10,12,14,16,18,20,27,29,31-44H2,1-5H3/b11-9+,15-13+,19-17+,23-22+,25-21+,26-24+,30-28+. The zero-order chi connectivity index (χ0) is 42.1. The lowest BCUT2D eigenvalue weighted by Crippen LogP contribution is -2.55. The average molecular weight is 796 g/mol. The van der Waals surface area contributed by atoms with Gasteiger partial charge in [-0.3, -0.25) is 9.59 Å². The molecule has 0 saturated carbocycles. The second-order valence-electron chi connectivity index (χ2n) is 15.7. The largest absolute Gasteiger partial charge is 0.544 e. The van der Waals surface area contributed by atoms with Crippen molar-refractivity contribution in [3.8, 4) is 0 Å². The molecule has 0 bridgehead atoms. The van der Waals surface area contributed by atoms with Crippen LogP contribution in [0.25, 0.3) is 0 Å². The Kier molecular flexibility index (Phi) is 36.9. The lowest BCUT2D eigenvalue weighted by molar-refractivity contribution is -0.889. The van der Waals surface area contributed by atoms with Crippen LogP contribution in [0, 0.1) is 0 Å². The molecule has 0 N–H and O–H groups in total. The Labute approximate surface area is 348 Å². The Morgan fingerprint density at radius 3 is 1.49 bits per heavy atom. The zero-order valence-corrected chi connectivity index (χ0v) is 36.7. The molecule has 0 fully saturated rings. The summed E-state index contributed by atoms with van der Waals surface area (Å²) in [5.41, 5.74) is 0. The van der Waals surface area contributed by atoms with Crippen molar-refractivity contribution in [2.24, 2.45) is 0 Å². The van der Waals surface area contributed by atoms with Crippen LogP contribution in [-0.4, -0.2) is 75.5 Å². The van der Waals surface area contributed by atoms with E-state index in [1.807, 2.05) is 48.6 Å². The molecule has 0 rings (SSSR count). The van der Waals surface area contributed by atoms with Crippen molar-refractivity contribution >= 4 is 17.9 Å². The fourth-order valence-corrected chi connectivity index (χ4v) is 5.96. The quantitative estimate of drug-likeness (QED) is 0.0265. The number of carboxylic acids is 1. The third-order valence-corrected chi connectivity index (χ3v) is 9.42. The summed E-state index contributed by atoms with van der Waals surface area (Å²) >= 11 is 0. The number of unbranched alkanes of at least 4 members (excludes halogenated alkanes) is 15. The number of allylic oxidation sites excluding steroid dienone is 14. The van der Waals surface area contributed by atoms with Crippen molar-refractivity contribution in [2.75, 3.05) is 41.0 Å². The predicted molar refractivity (Wildman–Crippen MR) is 235 cm³/mol. The SMILES string of the molecule is CC/C=C/C=C/C=C/C=C/C=C/CCCCCC(=O)OC(COCCC(C(=O)[O-])[N+](C)(C)C)COC(=O)CCCCCCC/C=C/C=C/CCCCCCCCC. The molecule has 0 aliphatic rings. The molecule has 0 spiro atoms. The van der Waals surface area contributed by atoms with Crippen molar-refractivity contribution in [3.63, 3.8) is 0 Å². The van der Waals surface area contributed by atoms with Crippen LogP contribution in [0.1, 0.15) is 155 Å². The summed E-state index contributed by atoms with van der Waals surface area (Å²) in [6.07, 6.45) is 50.4. The van der Waals surface area contributed by atoms with Crippen LogP contribution in [0.5, 0.6) is 0 Å². The van der Waals surface area contributed by atoms with Gasteiger partial charge in [0.2, 0.25) is 0 Å². The minimum absolute atomic E-state index is 0.0130. The van der Waals surface area contributed by atoms with Crippen LogP contribution in [-0.2, 0) is 28.6 Å². The first-order chi connectivity index (χ1) is 27.6. The van der Waals surface area contributed by atoms with Gasteiger partial charge in [0.15, 0.2) is 6.10 Å². The third kappa shape index (κ3) is 37.8. The number of ether oxygens (including phenoxy) is 3. The fourth-order valence-electron chi connectivity index (χ4n) is 5.96. The van der Waals surface area contributed by atoms with Crippen molar-refractivity contribution in [1.82, 2.24) is 0 Å². The number of likely N-dealkylation sites (N-methyl/N-ethyl adjacent to an activating group) is 1. The molecule has 0 heterocycles. The van der Waals surface area contributed by atoms with Crippen LogP contribution < -0.4 is 5.11 Å². The summed E-state index contributed by atoms with van der Waals surface area (Å²) in [5.74, 6) is -1.82. The third-order valence-electron chi connectivity index (χ3n) is 9.42. The van der Waals surface area contributed by atoms with E-state index in [9.17, 15) is 19.5 Å². The number of esters is 2. The van der Waals surface area contributed by atoms with E-state index in [1.165, 1.54) is 44.9 Å². The van der Waals surface area contributed by atoms with Gasteiger partial charge in [-0.05, 0) is 57.8 Å². The normalized spacial score (nSPS) is 13.8. The van der Waals surface area contributed by atoms with E-state index in [-0.39, 0.29) is 49.1 Å². The summed E-state index contributed by atoms with van der Waals surface area (Å²) in [4.78, 5) is 36.8. The summed E-state index contributed by atoms with van der Waals surface area (Å²) in [5, 5.41) is 11.6. The minimum atomic E-state index is -1.14. The number of carboxylic acid groups (broad SMARTS) is 1. The predicted octanol–water partition coefficient (Wildman–Crippen LogP) is 10.8. The minimum Gasteiger partial charge on any atom is -0.544 e. The highest BCUT2D eigenvalue weighted by Gasteiger charge is 2.25. The zero-order valence-electron chi connectivity index (χ0n) is 36.7. The molecular weight excluding hydrogens is 715 g/mol. The van der Waals surface area contributed by atoms with Crippen LogP contribution in [0.2, 0.25) is 0 Å². The molecule has 2 unspecified atom stereocenters. The van der Waals surface area contributed by atoms with E-state index in [0.29, 0.717) is 12.8 Å². The molecule has 0 aromatic rings. The first kappa shape index (κ1) is 53.5. The average Bonchev–Trinajstić information content (AvgIpc) is 3.17. The summed E-state index contributed by atoms with van der Waals surface area (Å²) in [6.45, 7) is 4.43. The van der Waals surface area contributed by atoms with E-state index < -0.39 is 18.1 Å². The van der Waals surface area contributed by atoms with Crippen molar-refractivity contribution in [2.45, 2.75) is 167 Å². The van der Waals surface area contributed by atoms with Gasteiger partial charge < -0.3 is 28.6 Å². The molecule has 0 aliphatic carbocycles. The van der Waals surface area contributed by atoms with E-state index in [0.717, 1.165) is 70.6 Å². The first-order valence-corrected chi connectivity index (χ1v) is 22.2. The Morgan fingerprint density at radius 2 is 0.982 bits per heavy atom. The van der Waals surface area contributed by atoms with E-state index in [2.05, 4.69) is 50.3 Å². The molecule has 0 amide bonds. The molecule has 2 atom stereocenters. The first-order valence-electron chi connectivity index (χ1n) is 22.2. The molecule has 8 nitrogen and oxygen atoms in total. The molecule has 0 radical (unpaired) electrons. The van der Waals surface area contributed by atoms with Gasteiger partial charge in [0.05, 0.1) is 40.3 Å². The molecule has 0 saturated heterocycles. The Hall–Kier alpha value is -3.49. The van der Waals surface area contributed by atoms with Crippen molar-refractivity contribution in [1.29, 1.82) is 0 Å². The Morgan fingerprint density at radius 1 is 0.544 bits per heavy atom. The molecule has 8 heteroatoms. The second kappa shape index (κ2) is 39.3. The monoisotopic (exact) mass is 796 g/mol. The van der Waals surface area contributed by atoms with Gasteiger partial charge in [0, 0.05) is 19.3 Å². The van der Waals surface area contributed by atoms with Gasteiger partial charge in [-0.2, -0.15) is 0 Å². The molecular formula is C49H81NO7. The highest BCUT2D eigenvalue weighted by atomic mass is 16.6. The number of hydrogen-bond donors (Lipinski definition) is 0. The highest BCUT2D eigenvalue weighted by molar-refractivity contribution is 5.70. The molecule has 0 aromatic heterocycles. The maximum Gasteiger partial charge on any atom is 0.306 e. The summed E-state index contributed by atoms with van der Waals surface area (Å²) in [6, 6.07) is -0.741. The van der Waals surface area contributed by atoms with E-state index >= 15 is 0 Å².